The van der Waals surface area contributed by atoms with Gasteiger partial charge >= 0.3 is 0 Å². The molecule has 0 bridgehead atoms. The van der Waals surface area contributed by atoms with E-state index in [-0.39, 0.29) is 36.5 Å². The van der Waals surface area contributed by atoms with Crippen LogP contribution in [0.15, 0.2) is 48.5 Å². The van der Waals surface area contributed by atoms with Gasteiger partial charge in [0.15, 0.2) is 0 Å². The fraction of sp³-hybridized carbons (Fsp3) is 0.348. The van der Waals surface area contributed by atoms with E-state index in [9.17, 15) is 18.8 Å². The SMILES string of the molecule is O=C(CCN1C(=O)c2ccccc2C1=O)NCC1(c2cccc(F)c2)CCOCC1. The van der Waals surface area contributed by atoms with Gasteiger partial charge in [0.1, 0.15) is 5.82 Å². The standard InChI is InChI=1S/C23H23FN2O4/c24-17-5-3-4-16(14-17)23(9-12-30-13-10-23)15-25-20(27)8-11-26-21(28)18-6-1-2-7-19(18)22(26)29/h1-7,14H,8-13,15H2,(H,25,27). The number of fused-ring (bicyclic) bond motifs is 1. The predicted octanol–water partition coefficient (Wildman–Crippen LogP) is 2.68. The van der Waals surface area contributed by atoms with Crippen molar-refractivity contribution in [2.75, 3.05) is 26.3 Å². The van der Waals surface area contributed by atoms with Crippen LogP contribution in [0.5, 0.6) is 0 Å². The molecule has 0 aromatic heterocycles. The maximum Gasteiger partial charge on any atom is 0.261 e. The Labute approximate surface area is 174 Å². The molecule has 4 rings (SSSR count). The highest BCUT2D eigenvalue weighted by atomic mass is 19.1. The van der Waals surface area contributed by atoms with Crippen molar-refractivity contribution in [2.24, 2.45) is 0 Å². The number of ether oxygens (including phenoxy) is 1. The maximum absolute atomic E-state index is 13.8. The molecule has 156 valence electrons. The average molecular weight is 410 g/mol. The van der Waals surface area contributed by atoms with E-state index in [1.807, 2.05) is 6.07 Å². The summed E-state index contributed by atoms with van der Waals surface area (Å²) in [6.07, 6.45) is 1.37. The van der Waals surface area contributed by atoms with Crippen LogP contribution in [0.2, 0.25) is 0 Å². The van der Waals surface area contributed by atoms with E-state index in [4.69, 9.17) is 4.74 Å². The Morgan fingerprint density at radius 3 is 2.33 bits per heavy atom. The van der Waals surface area contributed by atoms with Crippen LogP contribution in [0.1, 0.15) is 45.5 Å². The summed E-state index contributed by atoms with van der Waals surface area (Å²) in [5.41, 5.74) is 1.18. The molecular formula is C23H23FN2O4. The van der Waals surface area contributed by atoms with Crippen LogP contribution in [0, 0.1) is 5.82 Å². The molecule has 3 amide bonds. The Bertz CT molecular complexity index is 950. The molecule has 2 aliphatic heterocycles. The van der Waals surface area contributed by atoms with E-state index >= 15 is 0 Å². The van der Waals surface area contributed by atoms with Gasteiger partial charge in [-0.2, -0.15) is 0 Å². The molecular weight excluding hydrogens is 387 g/mol. The Hall–Kier alpha value is -3.06. The van der Waals surface area contributed by atoms with Crippen molar-refractivity contribution in [2.45, 2.75) is 24.7 Å². The smallest absolute Gasteiger partial charge is 0.261 e. The van der Waals surface area contributed by atoms with E-state index in [1.165, 1.54) is 12.1 Å². The van der Waals surface area contributed by atoms with Gasteiger partial charge in [-0.3, -0.25) is 19.3 Å². The zero-order chi connectivity index (χ0) is 21.1. The molecule has 0 aliphatic carbocycles. The number of halogens is 1. The lowest BCUT2D eigenvalue weighted by Gasteiger charge is -2.38. The number of nitrogens with zero attached hydrogens (tertiary/aromatic N) is 1. The third kappa shape index (κ3) is 3.85. The number of hydrogen-bond donors (Lipinski definition) is 1. The molecule has 2 aromatic rings. The Kier molecular flexibility index (Phi) is 5.63. The fourth-order valence-corrected chi connectivity index (χ4v) is 4.16. The lowest BCUT2D eigenvalue weighted by Crippen LogP contribution is -2.45. The summed E-state index contributed by atoms with van der Waals surface area (Å²) in [7, 11) is 0. The number of nitrogens with one attached hydrogen (secondary N) is 1. The van der Waals surface area contributed by atoms with E-state index in [1.54, 1.807) is 30.3 Å². The molecule has 30 heavy (non-hydrogen) atoms. The topological polar surface area (TPSA) is 75.7 Å². The highest BCUT2D eigenvalue weighted by Crippen LogP contribution is 2.34. The van der Waals surface area contributed by atoms with E-state index in [0.29, 0.717) is 43.7 Å². The van der Waals surface area contributed by atoms with Crippen LogP contribution in [0.4, 0.5) is 4.39 Å². The lowest BCUT2D eigenvalue weighted by atomic mass is 9.74. The number of carbonyl (C=O) groups excluding carboxylic acids is 3. The third-order valence-electron chi connectivity index (χ3n) is 5.95. The summed E-state index contributed by atoms with van der Waals surface area (Å²) in [5.74, 6) is -1.31. The quantitative estimate of drug-likeness (QED) is 0.743. The summed E-state index contributed by atoms with van der Waals surface area (Å²) in [6.45, 7) is 1.46. The van der Waals surface area contributed by atoms with Crippen LogP contribution in [-0.2, 0) is 14.9 Å². The fourth-order valence-electron chi connectivity index (χ4n) is 4.16. The second-order valence-corrected chi connectivity index (χ2v) is 7.74. The van der Waals surface area contributed by atoms with Crippen molar-refractivity contribution < 1.29 is 23.5 Å². The molecule has 0 radical (unpaired) electrons. The molecule has 6 nitrogen and oxygen atoms in total. The van der Waals surface area contributed by atoms with Gasteiger partial charge in [-0.1, -0.05) is 24.3 Å². The first-order valence-electron chi connectivity index (χ1n) is 10.1. The zero-order valence-corrected chi connectivity index (χ0v) is 16.5. The van der Waals surface area contributed by atoms with Crippen molar-refractivity contribution in [3.8, 4) is 0 Å². The van der Waals surface area contributed by atoms with Crippen LogP contribution in [-0.4, -0.2) is 48.9 Å². The average Bonchev–Trinajstić information content (AvgIpc) is 3.01. The number of hydrogen-bond acceptors (Lipinski definition) is 4. The summed E-state index contributed by atoms with van der Waals surface area (Å²) in [5, 5.41) is 2.92. The normalized spacial score (nSPS) is 17.7. The van der Waals surface area contributed by atoms with Gasteiger partial charge < -0.3 is 10.1 Å². The molecule has 0 spiro atoms. The second-order valence-electron chi connectivity index (χ2n) is 7.74. The molecule has 2 heterocycles. The van der Waals surface area contributed by atoms with Crippen molar-refractivity contribution >= 4 is 17.7 Å². The van der Waals surface area contributed by atoms with Crippen LogP contribution in [0.3, 0.4) is 0 Å². The largest absolute Gasteiger partial charge is 0.381 e. The van der Waals surface area contributed by atoms with Gasteiger partial charge in [0.2, 0.25) is 5.91 Å². The van der Waals surface area contributed by atoms with Gasteiger partial charge in [0.05, 0.1) is 11.1 Å². The minimum absolute atomic E-state index is 0.0151. The van der Waals surface area contributed by atoms with E-state index in [0.717, 1.165) is 10.5 Å². The lowest BCUT2D eigenvalue weighted by molar-refractivity contribution is -0.121. The number of amides is 3. The highest BCUT2D eigenvalue weighted by molar-refractivity contribution is 6.21. The number of carbonyl (C=O) groups is 3. The summed E-state index contributed by atoms with van der Waals surface area (Å²) >= 11 is 0. The molecule has 0 saturated carbocycles. The molecule has 1 fully saturated rings. The summed E-state index contributed by atoms with van der Waals surface area (Å²) < 4.78 is 19.2. The molecule has 7 heteroatoms. The summed E-state index contributed by atoms with van der Waals surface area (Å²) in [6, 6.07) is 13.1. The van der Waals surface area contributed by atoms with Gasteiger partial charge in [-0.25, -0.2) is 4.39 Å². The molecule has 1 N–H and O–H groups in total. The predicted molar refractivity (Wildman–Crippen MR) is 108 cm³/mol. The van der Waals surface area contributed by atoms with Crippen molar-refractivity contribution in [3.63, 3.8) is 0 Å². The minimum atomic E-state index is -0.397. The Balaban J connectivity index is 1.38. The molecule has 2 aliphatic rings. The maximum atomic E-state index is 13.8. The first-order valence-corrected chi connectivity index (χ1v) is 10.1. The molecule has 0 unspecified atom stereocenters. The van der Waals surface area contributed by atoms with Crippen LogP contribution < -0.4 is 5.32 Å². The van der Waals surface area contributed by atoms with Gasteiger partial charge in [-0.15, -0.1) is 0 Å². The minimum Gasteiger partial charge on any atom is -0.381 e. The van der Waals surface area contributed by atoms with Gasteiger partial charge in [0, 0.05) is 38.1 Å². The van der Waals surface area contributed by atoms with Gasteiger partial charge in [0.25, 0.3) is 11.8 Å². The zero-order valence-electron chi connectivity index (χ0n) is 16.5. The molecule has 2 aromatic carbocycles. The van der Waals surface area contributed by atoms with E-state index in [2.05, 4.69) is 5.32 Å². The van der Waals surface area contributed by atoms with E-state index < -0.39 is 5.41 Å². The number of benzene rings is 2. The van der Waals surface area contributed by atoms with Crippen molar-refractivity contribution in [3.05, 3.63) is 71.0 Å². The molecule has 0 atom stereocenters. The number of imide groups is 1. The van der Waals surface area contributed by atoms with Crippen molar-refractivity contribution in [1.82, 2.24) is 10.2 Å². The van der Waals surface area contributed by atoms with Crippen molar-refractivity contribution in [1.29, 1.82) is 0 Å². The highest BCUT2D eigenvalue weighted by Gasteiger charge is 2.37. The van der Waals surface area contributed by atoms with Gasteiger partial charge in [-0.05, 0) is 42.7 Å². The number of rotatable bonds is 6. The molecule has 1 saturated heterocycles. The van der Waals surface area contributed by atoms with Crippen LogP contribution >= 0.6 is 0 Å². The second kappa shape index (κ2) is 8.36. The summed E-state index contributed by atoms with van der Waals surface area (Å²) in [4.78, 5) is 38.4. The third-order valence-corrected chi connectivity index (χ3v) is 5.95. The Morgan fingerprint density at radius 1 is 1.03 bits per heavy atom. The first-order chi connectivity index (χ1) is 14.5. The monoisotopic (exact) mass is 410 g/mol. The Morgan fingerprint density at radius 2 is 1.70 bits per heavy atom. The van der Waals surface area contributed by atoms with Crippen LogP contribution in [0.25, 0.3) is 0 Å². The first kappa shape index (κ1) is 20.2.